The first kappa shape index (κ1) is 18.4. The van der Waals surface area contributed by atoms with E-state index in [0.717, 1.165) is 42.2 Å². The molecule has 0 saturated carbocycles. The van der Waals surface area contributed by atoms with Crippen molar-refractivity contribution in [2.24, 2.45) is 0 Å². The minimum absolute atomic E-state index is 0.233. The number of aromatic nitrogens is 2. The molecule has 0 atom stereocenters. The lowest BCUT2D eigenvalue weighted by atomic mass is 10.1. The van der Waals surface area contributed by atoms with Gasteiger partial charge < -0.3 is 16.0 Å². The third kappa shape index (κ3) is 3.84. The van der Waals surface area contributed by atoms with Crippen LogP contribution < -0.4 is 16.0 Å². The van der Waals surface area contributed by atoms with E-state index < -0.39 is 0 Å². The van der Waals surface area contributed by atoms with Crippen molar-refractivity contribution in [2.45, 2.75) is 26.2 Å². The van der Waals surface area contributed by atoms with E-state index in [4.69, 9.17) is 5.73 Å². The molecule has 1 fully saturated rings. The number of thiophene rings is 1. The molecule has 144 valence electrons. The Labute approximate surface area is 168 Å². The number of pyridine rings is 2. The van der Waals surface area contributed by atoms with Crippen LogP contribution in [0.3, 0.4) is 0 Å². The molecule has 28 heavy (non-hydrogen) atoms. The predicted octanol–water partition coefficient (Wildman–Crippen LogP) is 4.34. The number of nitrogen functional groups attached to an aromatic ring is 1. The summed E-state index contributed by atoms with van der Waals surface area (Å²) < 4.78 is 0. The van der Waals surface area contributed by atoms with E-state index in [-0.39, 0.29) is 11.6 Å². The van der Waals surface area contributed by atoms with Gasteiger partial charge in [0.25, 0.3) is 5.91 Å². The highest BCUT2D eigenvalue weighted by atomic mass is 32.1. The zero-order valence-electron chi connectivity index (χ0n) is 15.8. The van der Waals surface area contributed by atoms with E-state index in [1.165, 1.54) is 12.0 Å². The molecular formula is C21H23N5OS. The zero-order chi connectivity index (χ0) is 19.5. The lowest BCUT2D eigenvalue weighted by Gasteiger charge is -2.30. The molecule has 0 unspecified atom stereocenters. The van der Waals surface area contributed by atoms with Crippen LogP contribution in [0.4, 0.5) is 17.1 Å². The van der Waals surface area contributed by atoms with Gasteiger partial charge in [-0.15, -0.1) is 11.3 Å². The number of nitrogens with one attached hydrogen (secondary N) is 1. The summed E-state index contributed by atoms with van der Waals surface area (Å²) in [6.45, 7) is 4.01. The average molecular weight is 394 g/mol. The predicted molar refractivity (Wildman–Crippen MR) is 115 cm³/mol. The van der Waals surface area contributed by atoms with Crippen molar-refractivity contribution in [3.8, 4) is 10.6 Å². The number of anilines is 3. The lowest BCUT2D eigenvalue weighted by Crippen LogP contribution is -2.30. The summed E-state index contributed by atoms with van der Waals surface area (Å²) in [5, 5.41) is 5.03. The van der Waals surface area contributed by atoms with E-state index in [0.29, 0.717) is 11.4 Å². The number of carbonyl (C=O) groups is 1. The van der Waals surface area contributed by atoms with Crippen molar-refractivity contribution >= 4 is 34.3 Å². The Hall–Kier alpha value is -2.93. The van der Waals surface area contributed by atoms with Crippen LogP contribution in [-0.2, 0) is 0 Å². The lowest BCUT2D eigenvalue weighted by molar-refractivity contribution is 0.102. The second-order valence-corrected chi connectivity index (χ2v) is 7.93. The van der Waals surface area contributed by atoms with E-state index in [1.54, 1.807) is 29.8 Å². The van der Waals surface area contributed by atoms with Crippen LogP contribution >= 0.6 is 11.3 Å². The van der Waals surface area contributed by atoms with Crippen molar-refractivity contribution in [3.05, 3.63) is 53.3 Å². The standard InChI is InChI=1S/C21H23N5OS/c1-14-11-19(28-13-14)16-6-5-15(22)20(24-16)21(27)25-17-12-23-8-7-18(17)26-9-3-2-4-10-26/h5-8,11-13H,2-4,9-10,22H2,1H3,(H,25,27). The Kier molecular flexibility index (Phi) is 5.25. The molecule has 6 nitrogen and oxygen atoms in total. The molecule has 3 aromatic heterocycles. The third-order valence-electron chi connectivity index (χ3n) is 4.87. The molecule has 3 N–H and O–H groups in total. The summed E-state index contributed by atoms with van der Waals surface area (Å²) >= 11 is 1.60. The summed E-state index contributed by atoms with van der Waals surface area (Å²) in [7, 11) is 0. The van der Waals surface area contributed by atoms with Gasteiger partial charge in [-0.1, -0.05) is 0 Å². The van der Waals surface area contributed by atoms with Crippen molar-refractivity contribution in [1.29, 1.82) is 0 Å². The van der Waals surface area contributed by atoms with Gasteiger partial charge in [-0.05, 0) is 61.4 Å². The smallest absolute Gasteiger partial charge is 0.276 e. The second kappa shape index (κ2) is 7.98. The fraction of sp³-hybridized carbons (Fsp3) is 0.286. The molecule has 0 aromatic carbocycles. The number of nitrogens with two attached hydrogens (primary N) is 1. The molecule has 1 saturated heterocycles. The minimum atomic E-state index is -0.320. The molecular weight excluding hydrogens is 370 g/mol. The van der Waals surface area contributed by atoms with Gasteiger partial charge in [0, 0.05) is 19.3 Å². The largest absolute Gasteiger partial charge is 0.397 e. The van der Waals surface area contributed by atoms with Gasteiger partial charge in [-0.2, -0.15) is 0 Å². The zero-order valence-corrected chi connectivity index (χ0v) is 16.6. The Morgan fingerprint density at radius 3 is 2.79 bits per heavy atom. The van der Waals surface area contributed by atoms with Gasteiger partial charge in [0.05, 0.1) is 33.8 Å². The van der Waals surface area contributed by atoms with Crippen LogP contribution in [0.25, 0.3) is 10.6 Å². The minimum Gasteiger partial charge on any atom is -0.397 e. The third-order valence-corrected chi connectivity index (χ3v) is 5.94. The van der Waals surface area contributed by atoms with Crippen molar-refractivity contribution in [3.63, 3.8) is 0 Å². The topological polar surface area (TPSA) is 84.1 Å². The first-order chi connectivity index (χ1) is 13.6. The van der Waals surface area contributed by atoms with Crippen molar-refractivity contribution < 1.29 is 4.79 Å². The van der Waals surface area contributed by atoms with E-state index >= 15 is 0 Å². The summed E-state index contributed by atoms with van der Waals surface area (Å²) in [4.78, 5) is 25.0. The second-order valence-electron chi connectivity index (χ2n) is 7.02. The molecule has 0 bridgehead atoms. The Morgan fingerprint density at radius 2 is 2.04 bits per heavy atom. The SMILES string of the molecule is Cc1csc(-c2ccc(N)c(C(=O)Nc3cnccc3N3CCCCC3)n2)c1. The number of piperidine rings is 1. The first-order valence-corrected chi connectivity index (χ1v) is 10.3. The molecule has 1 amide bonds. The molecule has 1 aliphatic heterocycles. The number of hydrogen-bond acceptors (Lipinski definition) is 6. The van der Waals surface area contributed by atoms with Crippen LogP contribution in [0.15, 0.2) is 42.0 Å². The number of rotatable bonds is 4. The molecule has 0 aliphatic carbocycles. The Balaban J connectivity index is 1.61. The van der Waals surface area contributed by atoms with E-state index in [9.17, 15) is 4.79 Å². The maximum atomic E-state index is 13.0. The van der Waals surface area contributed by atoms with Gasteiger partial charge in [0.15, 0.2) is 5.69 Å². The average Bonchev–Trinajstić information content (AvgIpc) is 3.15. The van der Waals surface area contributed by atoms with Crippen molar-refractivity contribution in [1.82, 2.24) is 9.97 Å². The number of amides is 1. The molecule has 1 aliphatic rings. The van der Waals surface area contributed by atoms with Gasteiger partial charge >= 0.3 is 0 Å². The van der Waals surface area contributed by atoms with Gasteiger partial charge in [0.1, 0.15) is 0 Å². The number of hydrogen-bond donors (Lipinski definition) is 2. The molecule has 0 radical (unpaired) electrons. The Morgan fingerprint density at radius 1 is 1.21 bits per heavy atom. The summed E-state index contributed by atoms with van der Waals surface area (Å²) in [5.41, 5.74) is 10.3. The van der Waals surface area contributed by atoms with E-state index in [1.807, 2.05) is 19.1 Å². The highest BCUT2D eigenvalue weighted by molar-refractivity contribution is 7.13. The first-order valence-electron chi connectivity index (χ1n) is 9.44. The van der Waals surface area contributed by atoms with Crippen LogP contribution in [0.2, 0.25) is 0 Å². The molecule has 3 aromatic rings. The van der Waals surface area contributed by atoms with E-state index in [2.05, 4.69) is 31.6 Å². The van der Waals surface area contributed by atoms with Crippen LogP contribution in [-0.4, -0.2) is 29.0 Å². The molecule has 7 heteroatoms. The van der Waals surface area contributed by atoms with Crippen LogP contribution in [0, 0.1) is 6.92 Å². The normalized spacial score (nSPS) is 14.1. The number of carbonyl (C=O) groups excluding carboxylic acids is 1. The summed E-state index contributed by atoms with van der Waals surface area (Å²) in [6, 6.07) is 7.59. The fourth-order valence-corrected chi connectivity index (χ4v) is 4.30. The van der Waals surface area contributed by atoms with Gasteiger partial charge in [-0.25, -0.2) is 4.98 Å². The monoisotopic (exact) mass is 393 g/mol. The highest BCUT2D eigenvalue weighted by Gasteiger charge is 2.19. The molecule has 4 heterocycles. The van der Waals surface area contributed by atoms with Gasteiger partial charge in [-0.3, -0.25) is 9.78 Å². The fourth-order valence-electron chi connectivity index (χ4n) is 3.43. The molecule has 4 rings (SSSR count). The van der Waals surface area contributed by atoms with Gasteiger partial charge in [0.2, 0.25) is 0 Å². The van der Waals surface area contributed by atoms with Crippen molar-refractivity contribution in [2.75, 3.05) is 29.0 Å². The van der Waals surface area contributed by atoms with Crippen LogP contribution in [0.1, 0.15) is 35.3 Å². The molecule has 0 spiro atoms. The highest BCUT2D eigenvalue weighted by Crippen LogP contribution is 2.29. The Bertz CT molecular complexity index is 994. The summed E-state index contributed by atoms with van der Waals surface area (Å²) in [5.74, 6) is -0.320. The van der Waals surface area contributed by atoms with Crippen LogP contribution in [0.5, 0.6) is 0 Å². The summed E-state index contributed by atoms with van der Waals surface area (Å²) in [6.07, 6.45) is 7.01. The maximum Gasteiger partial charge on any atom is 0.276 e. The number of nitrogens with zero attached hydrogens (tertiary/aromatic N) is 3. The quantitative estimate of drug-likeness (QED) is 0.689. The number of aryl methyl sites for hydroxylation is 1. The maximum absolute atomic E-state index is 13.0.